The van der Waals surface area contributed by atoms with Crippen LogP contribution in [0.5, 0.6) is 0 Å². The Morgan fingerprint density at radius 1 is 1.14 bits per heavy atom. The van der Waals surface area contributed by atoms with Crippen molar-refractivity contribution in [3.63, 3.8) is 0 Å². The third-order valence-corrected chi connectivity index (χ3v) is 3.18. The highest BCUT2D eigenvalue weighted by Gasteiger charge is 2.17. The summed E-state index contributed by atoms with van der Waals surface area (Å²) in [6.07, 6.45) is 4.93. The quantitative estimate of drug-likeness (QED) is 0.612. The van der Waals surface area contributed by atoms with Crippen molar-refractivity contribution in [2.24, 2.45) is 0 Å². The minimum atomic E-state index is 1.11. The van der Waals surface area contributed by atoms with E-state index in [2.05, 4.69) is 25.1 Å². The maximum absolute atomic E-state index is 5.92. The van der Waals surface area contributed by atoms with Crippen LogP contribution in [0.25, 0.3) is 11.0 Å². The van der Waals surface area contributed by atoms with E-state index >= 15 is 0 Å². The Balaban J connectivity index is 2.36. The molecular weight excluding hydrogens is 172 g/mol. The van der Waals surface area contributed by atoms with Crippen molar-refractivity contribution >= 4 is 11.0 Å². The predicted octanol–water partition coefficient (Wildman–Crippen LogP) is 3.62. The highest BCUT2D eigenvalue weighted by atomic mass is 16.3. The van der Waals surface area contributed by atoms with E-state index in [9.17, 15) is 0 Å². The second kappa shape index (κ2) is 2.88. The molecule has 1 nitrogen and oxygen atoms in total. The number of rotatable bonds is 0. The highest BCUT2D eigenvalue weighted by Crippen LogP contribution is 2.33. The van der Waals surface area contributed by atoms with Gasteiger partial charge in [-0.05, 0) is 31.7 Å². The number of hydrogen-bond acceptors (Lipinski definition) is 1. The molecule has 0 unspecified atom stereocenters. The van der Waals surface area contributed by atoms with Gasteiger partial charge in [0.05, 0.1) is 0 Å². The zero-order chi connectivity index (χ0) is 9.54. The molecule has 1 aromatic heterocycles. The van der Waals surface area contributed by atoms with Gasteiger partial charge in [-0.25, -0.2) is 0 Å². The second-order valence-electron chi connectivity index (χ2n) is 4.16. The van der Waals surface area contributed by atoms with E-state index in [4.69, 9.17) is 4.42 Å². The largest absolute Gasteiger partial charge is 0.461 e. The summed E-state index contributed by atoms with van der Waals surface area (Å²) in [6, 6.07) is 6.44. The van der Waals surface area contributed by atoms with Crippen molar-refractivity contribution in [1.29, 1.82) is 0 Å². The number of hydrogen-bond donors (Lipinski definition) is 0. The fraction of sp³-hybridized carbons (Fsp3) is 0.385. The molecule has 0 N–H and O–H groups in total. The van der Waals surface area contributed by atoms with Crippen molar-refractivity contribution < 1.29 is 4.42 Å². The first-order chi connectivity index (χ1) is 6.86. The highest BCUT2D eigenvalue weighted by molar-refractivity contribution is 5.85. The van der Waals surface area contributed by atoms with Crippen LogP contribution in [0.15, 0.2) is 22.6 Å². The standard InChI is InChI=1S/C13H14O/c1-9-5-4-7-11-10-6-2-3-8-12(10)14-13(9)11/h4-5,7H,2-3,6,8H2,1H3. The number of aryl methyl sites for hydroxylation is 3. The molecule has 0 amide bonds. The zero-order valence-electron chi connectivity index (χ0n) is 8.47. The summed E-state index contributed by atoms with van der Waals surface area (Å²) in [6.45, 7) is 2.12. The Kier molecular flexibility index (Phi) is 1.66. The fourth-order valence-electron chi connectivity index (χ4n) is 2.42. The summed E-state index contributed by atoms with van der Waals surface area (Å²) in [5.41, 5.74) is 3.84. The van der Waals surface area contributed by atoms with E-state index in [1.165, 1.54) is 41.5 Å². The molecule has 0 bridgehead atoms. The molecule has 0 saturated carbocycles. The first kappa shape index (κ1) is 8.10. The van der Waals surface area contributed by atoms with Gasteiger partial charge in [-0.15, -0.1) is 0 Å². The maximum atomic E-state index is 5.92. The topological polar surface area (TPSA) is 13.1 Å². The van der Waals surface area contributed by atoms with Gasteiger partial charge in [0.1, 0.15) is 11.3 Å². The van der Waals surface area contributed by atoms with Crippen molar-refractivity contribution in [3.8, 4) is 0 Å². The molecule has 0 saturated heterocycles. The van der Waals surface area contributed by atoms with Gasteiger partial charge in [0.15, 0.2) is 0 Å². The molecule has 1 aliphatic rings. The Morgan fingerprint density at radius 2 is 2.00 bits per heavy atom. The monoisotopic (exact) mass is 186 g/mol. The van der Waals surface area contributed by atoms with Crippen LogP contribution in [0.1, 0.15) is 29.7 Å². The Bertz CT molecular complexity index is 479. The molecule has 1 aliphatic carbocycles. The summed E-state index contributed by atoms with van der Waals surface area (Å²) >= 11 is 0. The van der Waals surface area contributed by atoms with E-state index in [0.29, 0.717) is 0 Å². The molecule has 2 aromatic rings. The maximum Gasteiger partial charge on any atom is 0.137 e. The average Bonchev–Trinajstić information content (AvgIpc) is 2.59. The smallest absolute Gasteiger partial charge is 0.137 e. The summed E-state index contributed by atoms with van der Waals surface area (Å²) < 4.78 is 5.92. The molecule has 0 atom stereocenters. The average molecular weight is 186 g/mol. The first-order valence-electron chi connectivity index (χ1n) is 5.36. The predicted molar refractivity (Wildman–Crippen MR) is 57.6 cm³/mol. The molecular formula is C13H14O. The number of benzene rings is 1. The van der Waals surface area contributed by atoms with Crippen LogP contribution in [0.4, 0.5) is 0 Å². The molecule has 1 aromatic carbocycles. The minimum Gasteiger partial charge on any atom is -0.461 e. The van der Waals surface area contributed by atoms with Crippen molar-refractivity contribution in [2.45, 2.75) is 32.6 Å². The van der Waals surface area contributed by atoms with Crippen LogP contribution in [0.3, 0.4) is 0 Å². The van der Waals surface area contributed by atoms with Gasteiger partial charge in [-0.3, -0.25) is 0 Å². The van der Waals surface area contributed by atoms with E-state index < -0.39 is 0 Å². The molecule has 14 heavy (non-hydrogen) atoms. The van der Waals surface area contributed by atoms with Gasteiger partial charge in [-0.2, -0.15) is 0 Å². The molecule has 0 aliphatic heterocycles. The Morgan fingerprint density at radius 3 is 2.93 bits per heavy atom. The van der Waals surface area contributed by atoms with Crippen LogP contribution in [-0.2, 0) is 12.8 Å². The molecule has 1 heterocycles. The van der Waals surface area contributed by atoms with E-state index in [-0.39, 0.29) is 0 Å². The minimum absolute atomic E-state index is 1.11. The molecule has 0 radical (unpaired) electrons. The van der Waals surface area contributed by atoms with E-state index in [1.54, 1.807) is 0 Å². The summed E-state index contributed by atoms with van der Waals surface area (Å²) in [5.74, 6) is 1.24. The lowest BCUT2D eigenvalue weighted by Gasteiger charge is -2.08. The van der Waals surface area contributed by atoms with Gasteiger partial charge in [0, 0.05) is 17.4 Å². The first-order valence-corrected chi connectivity index (χ1v) is 5.36. The van der Waals surface area contributed by atoms with Crippen LogP contribution in [0, 0.1) is 6.92 Å². The summed E-state index contributed by atoms with van der Waals surface area (Å²) in [5, 5.41) is 1.35. The van der Waals surface area contributed by atoms with Gasteiger partial charge in [-0.1, -0.05) is 18.2 Å². The lowest BCUT2D eigenvalue weighted by atomic mass is 9.95. The van der Waals surface area contributed by atoms with Crippen molar-refractivity contribution in [1.82, 2.24) is 0 Å². The lowest BCUT2D eigenvalue weighted by Crippen LogP contribution is -1.98. The van der Waals surface area contributed by atoms with Crippen LogP contribution >= 0.6 is 0 Å². The third kappa shape index (κ3) is 1.02. The molecule has 0 spiro atoms. The van der Waals surface area contributed by atoms with Gasteiger partial charge in [0.2, 0.25) is 0 Å². The number of furan rings is 1. The summed E-state index contributed by atoms with van der Waals surface area (Å²) in [7, 11) is 0. The normalized spacial score (nSPS) is 15.8. The van der Waals surface area contributed by atoms with Crippen LogP contribution < -0.4 is 0 Å². The number of para-hydroxylation sites is 1. The van der Waals surface area contributed by atoms with Crippen LogP contribution in [0.2, 0.25) is 0 Å². The Labute approximate surface area is 83.7 Å². The third-order valence-electron chi connectivity index (χ3n) is 3.18. The zero-order valence-corrected chi connectivity index (χ0v) is 8.47. The molecule has 0 fully saturated rings. The van der Waals surface area contributed by atoms with E-state index in [0.717, 1.165) is 12.0 Å². The van der Waals surface area contributed by atoms with Crippen LogP contribution in [-0.4, -0.2) is 0 Å². The van der Waals surface area contributed by atoms with Gasteiger partial charge >= 0.3 is 0 Å². The Hall–Kier alpha value is -1.24. The molecule has 1 heteroatoms. The van der Waals surface area contributed by atoms with Crippen molar-refractivity contribution in [3.05, 3.63) is 35.1 Å². The summed E-state index contributed by atoms with van der Waals surface area (Å²) in [4.78, 5) is 0. The number of fused-ring (bicyclic) bond motifs is 3. The second-order valence-corrected chi connectivity index (χ2v) is 4.16. The molecule has 72 valence electrons. The fourth-order valence-corrected chi connectivity index (χ4v) is 2.42. The molecule has 3 rings (SSSR count). The van der Waals surface area contributed by atoms with E-state index in [1.807, 2.05) is 0 Å². The van der Waals surface area contributed by atoms with Gasteiger partial charge < -0.3 is 4.42 Å². The SMILES string of the molecule is Cc1cccc2c3c(oc12)CCCC3. The van der Waals surface area contributed by atoms with Crippen molar-refractivity contribution in [2.75, 3.05) is 0 Å². The van der Waals surface area contributed by atoms with Gasteiger partial charge in [0.25, 0.3) is 0 Å². The lowest BCUT2D eigenvalue weighted by molar-refractivity contribution is 0.505.